The summed E-state index contributed by atoms with van der Waals surface area (Å²) in [5.41, 5.74) is 4.05. The monoisotopic (exact) mass is 308 g/mol. The molecule has 0 saturated carbocycles. The minimum atomic E-state index is -0.507. The molecule has 2 aromatic rings. The van der Waals surface area contributed by atoms with Crippen LogP contribution in [0, 0.1) is 5.82 Å². The first-order valence-electron chi connectivity index (χ1n) is 5.19. The number of nitrogens with zero attached hydrogens (tertiary/aromatic N) is 1. The van der Waals surface area contributed by atoms with Crippen molar-refractivity contribution in [3.05, 3.63) is 58.3 Å². The fraction of sp³-hybridized carbons (Fsp3) is 0. The van der Waals surface area contributed by atoms with Gasteiger partial charge in [-0.2, -0.15) is 5.10 Å². The van der Waals surface area contributed by atoms with Crippen molar-refractivity contribution in [2.75, 3.05) is 5.43 Å². The third-order valence-corrected chi connectivity index (χ3v) is 2.89. The molecule has 0 atom stereocenters. The van der Waals surface area contributed by atoms with Gasteiger partial charge >= 0.3 is 0 Å². The number of phenolic OH excluding ortho intramolecular Hbond substituents is 1. The first-order chi connectivity index (χ1) is 8.66. The zero-order chi connectivity index (χ0) is 13.0. The highest BCUT2D eigenvalue weighted by Gasteiger charge is 2.06. The summed E-state index contributed by atoms with van der Waals surface area (Å²) in [4.78, 5) is 0. The summed E-state index contributed by atoms with van der Waals surface area (Å²) >= 11 is 3.17. The van der Waals surface area contributed by atoms with E-state index in [4.69, 9.17) is 0 Å². The molecule has 2 aromatic carbocycles. The number of halogens is 2. The number of phenols is 1. The maximum absolute atomic E-state index is 12.9. The highest BCUT2D eigenvalue weighted by atomic mass is 79.9. The number of hydrogen-bond acceptors (Lipinski definition) is 3. The number of hydrazone groups is 1. The van der Waals surface area contributed by atoms with Gasteiger partial charge in [0.15, 0.2) is 0 Å². The average molecular weight is 309 g/mol. The first-order valence-corrected chi connectivity index (χ1v) is 5.98. The fourth-order valence-corrected chi connectivity index (χ4v) is 1.91. The molecule has 0 fully saturated rings. The van der Waals surface area contributed by atoms with Crippen molar-refractivity contribution in [1.82, 2.24) is 0 Å². The van der Waals surface area contributed by atoms with E-state index < -0.39 is 5.82 Å². The van der Waals surface area contributed by atoms with Crippen LogP contribution in [0.25, 0.3) is 0 Å². The van der Waals surface area contributed by atoms with Crippen LogP contribution in [-0.4, -0.2) is 11.3 Å². The number of hydrogen-bond donors (Lipinski definition) is 2. The van der Waals surface area contributed by atoms with Crippen molar-refractivity contribution in [1.29, 1.82) is 0 Å². The highest BCUT2D eigenvalue weighted by Crippen LogP contribution is 2.25. The van der Waals surface area contributed by atoms with Crippen molar-refractivity contribution in [2.45, 2.75) is 0 Å². The molecule has 5 heteroatoms. The second-order valence-electron chi connectivity index (χ2n) is 3.56. The zero-order valence-electron chi connectivity index (χ0n) is 9.27. The van der Waals surface area contributed by atoms with Crippen LogP contribution < -0.4 is 5.43 Å². The summed E-state index contributed by atoms with van der Waals surface area (Å²) < 4.78 is 13.4. The summed E-state index contributed by atoms with van der Waals surface area (Å²) in [7, 11) is 0. The Hall–Kier alpha value is -1.88. The molecule has 3 nitrogen and oxygen atoms in total. The Morgan fingerprint density at radius 3 is 2.61 bits per heavy atom. The SMILES string of the molecule is Oc1cc(F)cc(Br)c1C=NNc1ccccc1. The predicted molar refractivity (Wildman–Crippen MR) is 73.4 cm³/mol. The molecule has 0 spiro atoms. The van der Waals surface area contributed by atoms with Gasteiger partial charge < -0.3 is 5.11 Å². The van der Waals surface area contributed by atoms with Gasteiger partial charge in [0.05, 0.1) is 17.5 Å². The van der Waals surface area contributed by atoms with Gasteiger partial charge in [-0.25, -0.2) is 4.39 Å². The van der Waals surface area contributed by atoms with Crippen LogP contribution in [0.5, 0.6) is 5.75 Å². The third kappa shape index (κ3) is 3.07. The third-order valence-electron chi connectivity index (χ3n) is 2.23. The molecule has 92 valence electrons. The van der Waals surface area contributed by atoms with E-state index in [1.54, 1.807) is 0 Å². The number of rotatable bonds is 3. The molecule has 18 heavy (non-hydrogen) atoms. The summed E-state index contributed by atoms with van der Waals surface area (Å²) in [6, 6.07) is 11.7. The molecule has 0 aliphatic rings. The smallest absolute Gasteiger partial charge is 0.128 e. The summed E-state index contributed by atoms with van der Waals surface area (Å²) in [6.45, 7) is 0. The molecule has 0 unspecified atom stereocenters. The molecule has 2 rings (SSSR count). The minimum Gasteiger partial charge on any atom is -0.507 e. The lowest BCUT2D eigenvalue weighted by atomic mass is 10.2. The Bertz CT molecular complexity index is 549. The van der Waals surface area contributed by atoms with Gasteiger partial charge in [-0.05, 0) is 34.1 Å². The topological polar surface area (TPSA) is 44.6 Å². The van der Waals surface area contributed by atoms with Gasteiger partial charge in [-0.3, -0.25) is 5.43 Å². The van der Waals surface area contributed by atoms with Gasteiger partial charge in [-0.15, -0.1) is 0 Å². The van der Waals surface area contributed by atoms with Crippen LogP contribution in [0.2, 0.25) is 0 Å². The molecule has 0 aromatic heterocycles. The van der Waals surface area contributed by atoms with Gasteiger partial charge in [0, 0.05) is 10.5 Å². The van der Waals surface area contributed by atoms with Gasteiger partial charge in [0.25, 0.3) is 0 Å². The maximum Gasteiger partial charge on any atom is 0.128 e. The Morgan fingerprint density at radius 1 is 1.22 bits per heavy atom. The predicted octanol–water partition coefficient (Wildman–Crippen LogP) is 3.74. The van der Waals surface area contributed by atoms with Crippen molar-refractivity contribution in [3.8, 4) is 5.75 Å². The Labute approximate surface area is 112 Å². The molecular weight excluding hydrogens is 299 g/mol. The van der Waals surface area contributed by atoms with E-state index in [-0.39, 0.29) is 5.75 Å². The van der Waals surface area contributed by atoms with Crippen molar-refractivity contribution in [2.24, 2.45) is 5.10 Å². The molecule has 0 aliphatic carbocycles. The number of nitrogens with one attached hydrogen (secondary N) is 1. The highest BCUT2D eigenvalue weighted by molar-refractivity contribution is 9.10. The van der Waals surface area contributed by atoms with Crippen LogP contribution in [0.3, 0.4) is 0 Å². The standard InChI is InChI=1S/C13H10BrFN2O/c14-12-6-9(15)7-13(18)11(12)8-16-17-10-4-2-1-3-5-10/h1-8,17-18H. The number of anilines is 1. The molecular formula is C13H10BrFN2O. The largest absolute Gasteiger partial charge is 0.507 e. The van der Waals surface area contributed by atoms with E-state index in [1.165, 1.54) is 12.3 Å². The van der Waals surface area contributed by atoms with Crippen LogP contribution in [0.4, 0.5) is 10.1 Å². The summed E-state index contributed by atoms with van der Waals surface area (Å²) in [5, 5.41) is 13.6. The lowest BCUT2D eigenvalue weighted by Crippen LogP contribution is -1.92. The van der Waals surface area contributed by atoms with Crippen LogP contribution in [0.15, 0.2) is 52.0 Å². The number of para-hydroxylation sites is 1. The second-order valence-corrected chi connectivity index (χ2v) is 4.41. The van der Waals surface area contributed by atoms with E-state index in [2.05, 4.69) is 26.5 Å². The van der Waals surface area contributed by atoms with E-state index >= 15 is 0 Å². The summed E-state index contributed by atoms with van der Waals surface area (Å²) in [6.07, 6.45) is 1.42. The zero-order valence-corrected chi connectivity index (χ0v) is 10.9. The molecule has 0 radical (unpaired) electrons. The van der Waals surface area contributed by atoms with Crippen molar-refractivity contribution >= 4 is 27.8 Å². The summed E-state index contributed by atoms with van der Waals surface area (Å²) in [5.74, 6) is -0.673. The van der Waals surface area contributed by atoms with Crippen LogP contribution in [0.1, 0.15) is 5.56 Å². The van der Waals surface area contributed by atoms with Gasteiger partial charge in [-0.1, -0.05) is 18.2 Å². The van der Waals surface area contributed by atoms with E-state index in [0.29, 0.717) is 10.0 Å². The van der Waals surface area contributed by atoms with Crippen molar-refractivity contribution < 1.29 is 9.50 Å². The normalized spacial score (nSPS) is 10.8. The van der Waals surface area contributed by atoms with Crippen LogP contribution >= 0.6 is 15.9 Å². The molecule has 0 bridgehead atoms. The molecule has 0 amide bonds. The number of benzene rings is 2. The Morgan fingerprint density at radius 2 is 1.94 bits per heavy atom. The van der Waals surface area contributed by atoms with Crippen LogP contribution in [-0.2, 0) is 0 Å². The molecule has 2 N–H and O–H groups in total. The lowest BCUT2D eigenvalue weighted by Gasteiger charge is -2.03. The quantitative estimate of drug-likeness (QED) is 0.670. The second kappa shape index (κ2) is 5.64. The van der Waals surface area contributed by atoms with Crippen molar-refractivity contribution in [3.63, 3.8) is 0 Å². The minimum absolute atomic E-state index is 0.166. The molecule has 0 aliphatic heterocycles. The average Bonchev–Trinajstić information content (AvgIpc) is 2.34. The maximum atomic E-state index is 12.9. The Kier molecular flexibility index (Phi) is 3.94. The van der Waals surface area contributed by atoms with E-state index in [0.717, 1.165) is 11.8 Å². The van der Waals surface area contributed by atoms with Gasteiger partial charge in [0.1, 0.15) is 11.6 Å². The Balaban J connectivity index is 2.15. The van der Waals surface area contributed by atoms with Gasteiger partial charge in [0.2, 0.25) is 0 Å². The van der Waals surface area contributed by atoms with E-state index in [9.17, 15) is 9.50 Å². The molecule has 0 saturated heterocycles. The first kappa shape index (κ1) is 12.6. The molecule has 0 heterocycles. The number of aromatic hydroxyl groups is 1. The van der Waals surface area contributed by atoms with E-state index in [1.807, 2.05) is 30.3 Å². The lowest BCUT2D eigenvalue weighted by molar-refractivity contribution is 0.467. The fourth-order valence-electron chi connectivity index (χ4n) is 1.38.